The van der Waals surface area contributed by atoms with Crippen molar-refractivity contribution in [3.63, 3.8) is 0 Å². The third-order valence-corrected chi connectivity index (χ3v) is 7.31. The van der Waals surface area contributed by atoms with E-state index in [-0.39, 0.29) is 25.2 Å². The van der Waals surface area contributed by atoms with Gasteiger partial charge in [0.2, 0.25) is 5.78 Å². The SMILES string of the molecule is O=C(C=C(O)c1cc(Cc2c(F)cc(F)cc2F)cn(Cc2cccc(F)c2)c1=O)C(=O)N1CCN(c2ccccc2)CC1. The van der Waals surface area contributed by atoms with Crippen molar-refractivity contribution in [1.29, 1.82) is 0 Å². The Balaban J connectivity index is 1.42. The molecule has 4 aromatic rings. The average molecular weight is 606 g/mol. The Morgan fingerprint density at radius 2 is 1.48 bits per heavy atom. The number of pyridine rings is 1. The number of ketones is 1. The average Bonchev–Trinajstić information content (AvgIpc) is 3.00. The summed E-state index contributed by atoms with van der Waals surface area (Å²) in [6, 6.07) is 17.1. The molecule has 1 fully saturated rings. The van der Waals surface area contributed by atoms with Crippen LogP contribution in [0, 0.1) is 23.3 Å². The Morgan fingerprint density at radius 1 is 0.795 bits per heavy atom. The summed E-state index contributed by atoms with van der Waals surface area (Å²) in [5.74, 6) is -6.72. The molecule has 0 unspecified atom stereocenters. The highest BCUT2D eigenvalue weighted by Crippen LogP contribution is 2.21. The van der Waals surface area contributed by atoms with Crippen molar-refractivity contribution in [1.82, 2.24) is 9.47 Å². The van der Waals surface area contributed by atoms with E-state index in [1.165, 1.54) is 29.3 Å². The Hall–Kier alpha value is -5.19. The molecule has 3 aromatic carbocycles. The van der Waals surface area contributed by atoms with E-state index in [4.69, 9.17) is 0 Å². The van der Waals surface area contributed by atoms with Gasteiger partial charge in [0.25, 0.3) is 11.5 Å². The van der Waals surface area contributed by atoms with Crippen LogP contribution in [-0.4, -0.2) is 52.4 Å². The van der Waals surface area contributed by atoms with Gasteiger partial charge in [0.05, 0.1) is 12.1 Å². The zero-order valence-electron chi connectivity index (χ0n) is 23.4. The van der Waals surface area contributed by atoms with Gasteiger partial charge >= 0.3 is 0 Å². The van der Waals surface area contributed by atoms with Crippen molar-refractivity contribution in [2.45, 2.75) is 13.0 Å². The second kappa shape index (κ2) is 13.0. The second-order valence-electron chi connectivity index (χ2n) is 10.4. The Morgan fingerprint density at radius 3 is 2.14 bits per heavy atom. The van der Waals surface area contributed by atoms with Crippen molar-refractivity contribution < 1.29 is 32.3 Å². The van der Waals surface area contributed by atoms with Crippen LogP contribution >= 0.6 is 0 Å². The number of para-hydroxylation sites is 1. The maximum atomic E-state index is 14.4. The lowest BCUT2D eigenvalue weighted by Crippen LogP contribution is -2.50. The van der Waals surface area contributed by atoms with Gasteiger partial charge in [0, 0.05) is 68.3 Å². The monoisotopic (exact) mass is 605 g/mol. The summed E-state index contributed by atoms with van der Waals surface area (Å²) in [6.45, 7) is 1.32. The summed E-state index contributed by atoms with van der Waals surface area (Å²) in [6.07, 6.45) is 1.46. The van der Waals surface area contributed by atoms with Crippen LogP contribution in [0.15, 0.2) is 89.9 Å². The summed E-state index contributed by atoms with van der Waals surface area (Å²) in [5, 5.41) is 10.9. The van der Waals surface area contributed by atoms with E-state index >= 15 is 0 Å². The molecule has 1 aliphatic rings. The number of hydrogen-bond donors (Lipinski definition) is 1. The van der Waals surface area contributed by atoms with Crippen molar-refractivity contribution in [2.24, 2.45) is 0 Å². The van der Waals surface area contributed by atoms with Crippen LogP contribution < -0.4 is 10.5 Å². The topological polar surface area (TPSA) is 82.8 Å². The molecule has 0 saturated carbocycles. The first-order valence-electron chi connectivity index (χ1n) is 13.7. The third kappa shape index (κ3) is 6.88. The molecule has 226 valence electrons. The van der Waals surface area contributed by atoms with Crippen LogP contribution in [0.5, 0.6) is 0 Å². The number of aliphatic hydroxyl groups excluding tert-OH is 1. The lowest BCUT2D eigenvalue weighted by Gasteiger charge is -2.35. The molecule has 0 atom stereocenters. The number of piperazine rings is 1. The van der Waals surface area contributed by atoms with Gasteiger partial charge in [0.1, 0.15) is 29.0 Å². The standard InChI is InChI=1S/C33H27F4N3O4/c34-23-6-4-5-21(13-23)19-40-20-22(14-26-28(36)16-24(35)17-29(26)37)15-27(32(40)43)30(41)18-31(42)33(44)39-11-9-38(10-12-39)25-7-2-1-3-8-25/h1-8,13,15-18,20,41H,9-12,14,19H2. The van der Waals surface area contributed by atoms with Crippen LogP contribution in [0.25, 0.3) is 5.76 Å². The maximum absolute atomic E-state index is 14.4. The minimum Gasteiger partial charge on any atom is -0.507 e. The molecule has 7 nitrogen and oxygen atoms in total. The van der Waals surface area contributed by atoms with Crippen molar-refractivity contribution in [3.05, 3.63) is 141 Å². The number of carbonyl (C=O) groups excluding carboxylic acids is 2. The highest BCUT2D eigenvalue weighted by atomic mass is 19.1. The summed E-state index contributed by atoms with van der Waals surface area (Å²) >= 11 is 0. The highest BCUT2D eigenvalue weighted by Gasteiger charge is 2.26. The molecule has 0 spiro atoms. The van der Waals surface area contributed by atoms with Crippen molar-refractivity contribution in [2.75, 3.05) is 31.1 Å². The fourth-order valence-electron chi connectivity index (χ4n) is 5.10. The predicted octanol–water partition coefficient (Wildman–Crippen LogP) is 4.86. The summed E-state index contributed by atoms with van der Waals surface area (Å²) < 4.78 is 57.3. The number of amides is 1. The molecule has 1 saturated heterocycles. The zero-order chi connectivity index (χ0) is 31.4. The molecule has 2 heterocycles. The Bertz CT molecular complexity index is 1780. The normalized spacial score (nSPS) is 13.7. The lowest BCUT2D eigenvalue weighted by molar-refractivity contribution is -0.142. The number of nitrogens with zero attached hydrogens (tertiary/aromatic N) is 3. The maximum Gasteiger partial charge on any atom is 0.294 e. The number of halogens is 4. The van der Waals surface area contributed by atoms with Gasteiger partial charge in [-0.1, -0.05) is 30.3 Å². The van der Waals surface area contributed by atoms with Gasteiger partial charge in [-0.05, 0) is 41.5 Å². The quantitative estimate of drug-likeness (QED) is 0.134. The van der Waals surface area contributed by atoms with E-state index in [1.54, 1.807) is 6.07 Å². The first-order valence-corrected chi connectivity index (χ1v) is 13.7. The minimum atomic E-state index is -1.15. The fraction of sp³-hybridized carbons (Fsp3) is 0.182. The third-order valence-electron chi connectivity index (χ3n) is 7.31. The molecular formula is C33H27F4N3O4. The van der Waals surface area contributed by atoms with Crippen molar-refractivity contribution >= 4 is 23.1 Å². The van der Waals surface area contributed by atoms with Gasteiger partial charge < -0.3 is 19.5 Å². The zero-order valence-corrected chi connectivity index (χ0v) is 23.4. The molecule has 1 aliphatic heterocycles. The summed E-state index contributed by atoms with van der Waals surface area (Å²) in [4.78, 5) is 42.6. The molecule has 11 heteroatoms. The van der Waals surface area contributed by atoms with Crippen molar-refractivity contribution in [3.8, 4) is 0 Å². The van der Waals surface area contributed by atoms with Gasteiger partial charge in [-0.2, -0.15) is 0 Å². The number of hydrogen-bond acceptors (Lipinski definition) is 5. The number of aromatic nitrogens is 1. The molecule has 1 N–H and O–H groups in total. The van der Waals surface area contributed by atoms with Crippen LogP contribution in [-0.2, 0) is 22.6 Å². The van der Waals surface area contributed by atoms with Gasteiger partial charge in [-0.3, -0.25) is 14.4 Å². The van der Waals surface area contributed by atoms with Crippen LogP contribution in [0.1, 0.15) is 22.3 Å². The number of carbonyl (C=O) groups is 2. The smallest absolute Gasteiger partial charge is 0.294 e. The molecule has 5 rings (SSSR count). The molecule has 0 aliphatic carbocycles. The fourth-order valence-corrected chi connectivity index (χ4v) is 5.10. The lowest BCUT2D eigenvalue weighted by atomic mass is 10.0. The number of rotatable bonds is 8. The number of aliphatic hydroxyl groups is 1. The van der Waals surface area contributed by atoms with E-state index in [0.717, 1.165) is 16.3 Å². The van der Waals surface area contributed by atoms with E-state index in [1.807, 2.05) is 30.3 Å². The molecule has 1 aromatic heterocycles. The van der Waals surface area contributed by atoms with Gasteiger partial charge in [0.15, 0.2) is 0 Å². The van der Waals surface area contributed by atoms with E-state index < -0.39 is 63.8 Å². The molecule has 0 bridgehead atoms. The number of anilines is 1. The second-order valence-corrected chi connectivity index (χ2v) is 10.4. The highest BCUT2D eigenvalue weighted by molar-refractivity contribution is 6.41. The van der Waals surface area contributed by atoms with Crippen LogP contribution in [0.2, 0.25) is 0 Å². The van der Waals surface area contributed by atoms with E-state index in [9.17, 15) is 37.1 Å². The van der Waals surface area contributed by atoms with Gasteiger partial charge in [-0.15, -0.1) is 0 Å². The first kappa shape index (κ1) is 30.3. The first-order chi connectivity index (χ1) is 21.1. The number of benzene rings is 3. The molecule has 0 radical (unpaired) electrons. The van der Waals surface area contributed by atoms with Crippen LogP contribution in [0.4, 0.5) is 23.2 Å². The van der Waals surface area contributed by atoms with Gasteiger partial charge in [-0.25, -0.2) is 17.6 Å². The Kier molecular flexibility index (Phi) is 8.94. The minimum absolute atomic E-state index is 0.121. The largest absolute Gasteiger partial charge is 0.507 e. The molecule has 44 heavy (non-hydrogen) atoms. The Labute approximate surface area is 249 Å². The summed E-state index contributed by atoms with van der Waals surface area (Å²) in [5.41, 5.74) is -0.230. The molecule has 1 amide bonds. The predicted molar refractivity (Wildman–Crippen MR) is 156 cm³/mol. The van der Waals surface area contributed by atoms with E-state index in [2.05, 4.69) is 4.90 Å². The summed E-state index contributed by atoms with van der Waals surface area (Å²) in [7, 11) is 0. The molecular weight excluding hydrogens is 578 g/mol. The van der Waals surface area contributed by atoms with E-state index in [0.29, 0.717) is 36.9 Å². The van der Waals surface area contributed by atoms with Crippen LogP contribution in [0.3, 0.4) is 0 Å².